The van der Waals surface area contributed by atoms with E-state index in [4.69, 9.17) is 0 Å². The Kier molecular flexibility index (Phi) is 5.85. The quantitative estimate of drug-likeness (QED) is 0.437. The Morgan fingerprint density at radius 3 is 2.53 bits per heavy atom. The van der Waals surface area contributed by atoms with Gasteiger partial charge in [0.05, 0.1) is 17.6 Å². The number of carbonyl (C=O) groups is 1. The highest BCUT2D eigenvalue weighted by molar-refractivity contribution is 5.92. The molecule has 2 heterocycles. The molecule has 0 aliphatic carbocycles. The predicted octanol–water partition coefficient (Wildman–Crippen LogP) is 4.76. The van der Waals surface area contributed by atoms with Gasteiger partial charge >= 0.3 is 6.61 Å². The van der Waals surface area contributed by atoms with Gasteiger partial charge in [0.15, 0.2) is 0 Å². The molecule has 2 aromatic heterocycles. The Balaban J connectivity index is 1.70. The second-order valence-corrected chi connectivity index (χ2v) is 7.57. The highest BCUT2D eigenvalue weighted by atomic mass is 19.3. The molecule has 0 spiro atoms. The number of para-hydroxylation sites is 1. The fraction of sp³-hybridized carbons (Fsp3) is 0.208. The number of aromatic nitrogens is 3. The van der Waals surface area contributed by atoms with Crippen LogP contribution < -0.4 is 4.74 Å². The molecule has 0 fully saturated rings. The van der Waals surface area contributed by atoms with Gasteiger partial charge in [-0.2, -0.15) is 8.78 Å². The van der Waals surface area contributed by atoms with Crippen molar-refractivity contribution in [2.24, 2.45) is 0 Å². The molecule has 2 aromatic carbocycles. The van der Waals surface area contributed by atoms with Crippen LogP contribution in [0.4, 0.5) is 8.78 Å². The Labute approximate surface area is 184 Å². The average molecular weight is 436 g/mol. The van der Waals surface area contributed by atoms with Gasteiger partial charge in [-0.1, -0.05) is 30.3 Å². The predicted molar refractivity (Wildman–Crippen MR) is 118 cm³/mol. The number of amides is 1. The summed E-state index contributed by atoms with van der Waals surface area (Å²) in [5, 5.41) is 0. The van der Waals surface area contributed by atoms with E-state index in [0.717, 1.165) is 28.0 Å². The average Bonchev–Trinajstić information content (AvgIpc) is 3.08. The van der Waals surface area contributed by atoms with Gasteiger partial charge in [-0.05, 0) is 36.8 Å². The second-order valence-electron chi connectivity index (χ2n) is 7.57. The van der Waals surface area contributed by atoms with E-state index in [0.29, 0.717) is 17.8 Å². The first-order valence-electron chi connectivity index (χ1n) is 10.0. The number of imidazole rings is 1. The van der Waals surface area contributed by atoms with Gasteiger partial charge in [-0.3, -0.25) is 9.78 Å². The van der Waals surface area contributed by atoms with Crippen molar-refractivity contribution in [2.45, 2.75) is 20.1 Å². The van der Waals surface area contributed by atoms with Gasteiger partial charge < -0.3 is 14.2 Å². The first-order chi connectivity index (χ1) is 15.3. The monoisotopic (exact) mass is 436 g/mol. The molecule has 8 heteroatoms. The van der Waals surface area contributed by atoms with E-state index >= 15 is 0 Å². The van der Waals surface area contributed by atoms with Crippen LogP contribution in [-0.2, 0) is 6.54 Å². The SMILES string of the molecule is Cc1nc2ccc(-c3ccc(C(=O)N(C)C)nc3)cc2n1Cc1ccccc1OC(F)F. The zero-order valence-electron chi connectivity index (χ0n) is 17.9. The van der Waals surface area contributed by atoms with Crippen molar-refractivity contribution in [1.82, 2.24) is 19.4 Å². The van der Waals surface area contributed by atoms with Crippen molar-refractivity contribution in [3.05, 3.63) is 77.9 Å². The van der Waals surface area contributed by atoms with Crippen molar-refractivity contribution in [1.29, 1.82) is 0 Å². The van der Waals surface area contributed by atoms with E-state index in [1.807, 2.05) is 35.8 Å². The molecule has 164 valence electrons. The van der Waals surface area contributed by atoms with Crippen molar-refractivity contribution in [2.75, 3.05) is 14.1 Å². The lowest BCUT2D eigenvalue weighted by Gasteiger charge is -2.13. The maximum Gasteiger partial charge on any atom is 0.387 e. The Hall–Kier alpha value is -3.81. The van der Waals surface area contributed by atoms with E-state index in [9.17, 15) is 13.6 Å². The molecule has 4 rings (SSSR count). The van der Waals surface area contributed by atoms with Crippen LogP contribution in [0.5, 0.6) is 5.75 Å². The van der Waals surface area contributed by atoms with Crippen LogP contribution in [0.25, 0.3) is 22.2 Å². The summed E-state index contributed by atoms with van der Waals surface area (Å²) in [4.78, 5) is 22.4. The topological polar surface area (TPSA) is 60.2 Å². The number of aryl methyl sites for hydroxylation is 1. The minimum absolute atomic E-state index is 0.144. The second kappa shape index (κ2) is 8.74. The van der Waals surface area contributed by atoms with Gasteiger partial charge in [0.1, 0.15) is 17.3 Å². The van der Waals surface area contributed by atoms with Crippen LogP contribution in [0.15, 0.2) is 60.8 Å². The number of alkyl halides is 2. The number of benzene rings is 2. The summed E-state index contributed by atoms with van der Waals surface area (Å²) in [7, 11) is 3.36. The summed E-state index contributed by atoms with van der Waals surface area (Å²) in [6, 6.07) is 16.1. The molecule has 32 heavy (non-hydrogen) atoms. The van der Waals surface area contributed by atoms with E-state index < -0.39 is 6.61 Å². The molecule has 0 saturated heterocycles. The van der Waals surface area contributed by atoms with Crippen molar-refractivity contribution in [3.8, 4) is 16.9 Å². The number of nitrogens with zero attached hydrogens (tertiary/aromatic N) is 4. The summed E-state index contributed by atoms with van der Waals surface area (Å²) in [6.07, 6.45) is 1.66. The third-order valence-corrected chi connectivity index (χ3v) is 5.18. The fourth-order valence-corrected chi connectivity index (χ4v) is 3.56. The number of ether oxygens (including phenoxy) is 1. The third-order valence-electron chi connectivity index (χ3n) is 5.18. The molecule has 0 saturated carbocycles. The fourth-order valence-electron chi connectivity index (χ4n) is 3.56. The zero-order valence-corrected chi connectivity index (χ0v) is 17.9. The van der Waals surface area contributed by atoms with Gasteiger partial charge in [0, 0.05) is 31.4 Å². The molecule has 1 amide bonds. The molecule has 6 nitrogen and oxygen atoms in total. The van der Waals surface area contributed by atoms with E-state index in [1.54, 1.807) is 44.6 Å². The highest BCUT2D eigenvalue weighted by Gasteiger charge is 2.15. The number of halogens is 2. The van der Waals surface area contributed by atoms with E-state index in [2.05, 4.69) is 14.7 Å². The summed E-state index contributed by atoms with van der Waals surface area (Å²) in [5.41, 5.74) is 4.43. The smallest absolute Gasteiger partial charge is 0.387 e. The number of rotatable bonds is 6. The van der Waals surface area contributed by atoms with Crippen molar-refractivity contribution in [3.63, 3.8) is 0 Å². The summed E-state index contributed by atoms with van der Waals surface area (Å²) in [6.45, 7) is -0.680. The molecular weight excluding hydrogens is 414 g/mol. The molecule has 0 aliphatic heterocycles. The van der Waals surface area contributed by atoms with Crippen LogP contribution in [-0.4, -0.2) is 46.0 Å². The highest BCUT2D eigenvalue weighted by Crippen LogP contribution is 2.28. The van der Waals surface area contributed by atoms with Crippen LogP contribution in [0.2, 0.25) is 0 Å². The maximum atomic E-state index is 12.8. The van der Waals surface area contributed by atoms with Crippen molar-refractivity contribution < 1.29 is 18.3 Å². The van der Waals surface area contributed by atoms with Gasteiger partial charge in [-0.15, -0.1) is 0 Å². The number of hydrogen-bond acceptors (Lipinski definition) is 4. The standard InChI is InChI=1S/C24H22F2N4O2/c1-15-28-19-10-8-16(17-9-11-20(27-13-17)23(31)29(2)3)12-21(19)30(15)14-18-6-4-5-7-22(18)32-24(25)26/h4-13,24H,14H2,1-3H3. The normalized spacial score (nSPS) is 11.2. The largest absolute Gasteiger partial charge is 0.434 e. The zero-order chi connectivity index (χ0) is 22.8. The lowest BCUT2D eigenvalue weighted by atomic mass is 10.1. The molecule has 4 aromatic rings. The number of pyridine rings is 1. The van der Waals surface area contributed by atoms with Gasteiger partial charge in [0.25, 0.3) is 5.91 Å². The lowest BCUT2D eigenvalue weighted by Crippen LogP contribution is -2.22. The molecular formula is C24H22F2N4O2. The van der Waals surface area contributed by atoms with Crippen LogP contribution in [0.1, 0.15) is 21.9 Å². The summed E-state index contributed by atoms with van der Waals surface area (Å²) in [5.74, 6) is 0.740. The van der Waals surface area contributed by atoms with Crippen LogP contribution in [0, 0.1) is 6.92 Å². The summed E-state index contributed by atoms with van der Waals surface area (Å²) < 4.78 is 32.2. The Morgan fingerprint density at radius 1 is 1.09 bits per heavy atom. The molecule has 0 bridgehead atoms. The Bertz CT molecular complexity index is 1270. The number of fused-ring (bicyclic) bond motifs is 1. The maximum absolute atomic E-state index is 12.8. The minimum atomic E-state index is -2.89. The molecule has 0 N–H and O–H groups in total. The van der Waals surface area contributed by atoms with E-state index in [-0.39, 0.29) is 11.7 Å². The lowest BCUT2D eigenvalue weighted by molar-refractivity contribution is -0.0504. The number of carbonyl (C=O) groups excluding carboxylic acids is 1. The molecule has 0 radical (unpaired) electrons. The van der Waals surface area contributed by atoms with Crippen LogP contribution in [0.3, 0.4) is 0 Å². The number of hydrogen-bond donors (Lipinski definition) is 0. The third kappa shape index (κ3) is 4.30. The minimum Gasteiger partial charge on any atom is -0.434 e. The Morgan fingerprint density at radius 2 is 1.84 bits per heavy atom. The molecule has 0 aliphatic rings. The first-order valence-corrected chi connectivity index (χ1v) is 10.0. The molecule has 0 atom stereocenters. The van der Waals surface area contributed by atoms with E-state index in [1.165, 1.54) is 11.0 Å². The van der Waals surface area contributed by atoms with Gasteiger partial charge in [0.2, 0.25) is 0 Å². The van der Waals surface area contributed by atoms with Gasteiger partial charge in [-0.25, -0.2) is 4.98 Å². The molecule has 0 unspecified atom stereocenters. The summed E-state index contributed by atoms with van der Waals surface area (Å²) >= 11 is 0. The first kappa shape index (κ1) is 21.4. The van der Waals surface area contributed by atoms with Crippen LogP contribution >= 0.6 is 0 Å². The van der Waals surface area contributed by atoms with Crippen molar-refractivity contribution >= 4 is 16.9 Å².